The second-order valence-electron chi connectivity index (χ2n) is 2.89. The average Bonchev–Trinajstić information content (AvgIpc) is 2.62. The zero-order chi connectivity index (χ0) is 10.7. The molecule has 0 N–H and O–H groups in total. The van der Waals surface area contributed by atoms with Crippen molar-refractivity contribution in [2.24, 2.45) is 0 Å². The molecule has 6 nitrogen and oxygen atoms in total. The van der Waals surface area contributed by atoms with E-state index in [1.807, 2.05) is 0 Å². The summed E-state index contributed by atoms with van der Waals surface area (Å²) in [6.45, 7) is 2.13. The Kier molecular flexibility index (Phi) is 2.57. The van der Waals surface area contributed by atoms with Gasteiger partial charge >= 0.3 is 5.97 Å². The number of fused-ring (bicyclic) bond motifs is 1. The topological polar surface area (TPSA) is 69.4 Å². The first kappa shape index (κ1) is 9.57. The van der Waals surface area contributed by atoms with Crippen LogP contribution in [0.5, 0.6) is 0 Å². The number of esters is 1. The number of nitrogens with zero attached hydrogens (tertiary/aromatic N) is 4. The molecule has 2 aromatic heterocycles. The van der Waals surface area contributed by atoms with Gasteiger partial charge in [0.15, 0.2) is 11.5 Å². The third-order valence-corrected chi connectivity index (χ3v) is 1.85. The summed E-state index contributed by atoms with van der Waals surface area (Å²) in [4.78, 5) is 11.2. The van der Waals surface area contributed by atoms with Gasteiger partial charge in [0.05, 0.1) is 6.61 Å². The number of rotatable bonds is 3. The summed E-state index contributed by atoms with van der Waals surface area (Å²) < 4.78 is 6.34. The first-order chi connectivity index (χ1) is 7.31. The van der Waals surface area contributed by atoms with Crippen LogP contribution in [0.15, 0.2) is 18.3 Å². The van der Waals surface area contributed by atoms with Crippen molar-refractivity contribution in [3.8, 4) is 0 Å². The third kappa shape index (κ3) is 1.93. The van der Waals surface area contributed by atoms with Gasteiger partial charge < -0.3 is 4.74 Å². The van der Waals surface area contributed by atoms with Crippen LogP contribution in [-0.4, -0.2) is 32.4 Å². The Labute approximate surface area is 85.9 Å². The molecular formula is C9H10N4O2. The zero-order valence-corrected chi connectivity index (χ0v) is 8.25. The molecule has 15 heavy (non-hydrogen) atoms. The van der Waals surface area contributed by atoms with Crippen molar-refractivity contribution in [3.05, 3.63) is 24.2 Å². The number of carbonyl (C=O) groups excluding carboxylic acids is 1. The predicted octanol–water partition coefficient (Wildman–Crippen LogP) is 0.230. The van der Waals surface area contributed by atoms with Crippen LogP contribution in [-0.2, 0) is 16.0 Å². The molecule has 6 heteroatoms. The molecule has 0 atom stereocenters. The van der Waals surface area contributed by atoms with Crippen molar-refractivity contribution in [3.63, 3.8) is 0 Å². The van der Waals surface area contributed by atoms with Crippen molar-refractivity contribution < 1.29 is 9.53 Å². The minimum Gasteiger partial charge on any atom is -0.466 e. The summed E-state index contributed by atoms with van der Waals surface area (Å²) in [5, 5.41) is 11.8. The van der Waals surface area contributed by atoms with Gasteiger partial charge in [-0.25, -0.2) is 0 Å². The van der Waals surface area contributed by atoms with E-state index < -0.39 is 0 Å². The van der Waals surface area contributed by atoms with Gasteiger partial charge in [0, 0.05) is 6.20 Å². The number of hydrogen-bond donors (Lipinski definition) is 0. The Hall–Kier alpha value is -1.98. The summed E-state index contributed by atoms with van der Waals surface area (Å²) in [5.74, 6) is 0.168. The molecule has 0 amide bonds. The van der Waals surface area contributed by atoms with E-state index >= 15 is 0 Å². The molecule has 0 radical (unpaired) electrons. The maximum Gasteiger partial charge on any atom is 0.313 e. The summed E-state index contributed by atoms with van der Waals surface area (Å²) in [7, 11) is 0. The fourth-order valence-corrected chi connectivity index (χ4v) is 1.24. The molecule has 0 saturated heterocycles. The molecule has 0 spiro atoms. The van der Waals surface area contributed by atoms with Crippen molar-refractivity contribution in [2.75, 3.05) is 6.61 Å². The lowest BCUT2D eigenvalue weighted by Crippen LogP contribution is -2.11. The number of hydrogen-bond acceptors (Lipinski definition) is 5. The standard InChI is InChI=1S/C9H10N4O2/c1-2-15-9(14)6-8-12-11-7-4-3-5-10-13(7)8/h3-5H,2,6H2,1H3. The average molecular weight is 206 g/mol. The monoisotopic (exact) mass is 206 g/mol. The van der Waals surface area contributed by atoms with Crippen LogP contribution in [0.2, 0.25) is 0 Å². The zero-order valence-electron chi connectivity index (χ0n) is 8.25. The van der Waals surface area contributed by atoms with Crippen LogP contribution in [0.3, 0.4) is 0 Å². The summed E-state index contributed by atoms with van der Waals surface area (Å²) in [5.41, 5.74) is 0.622. The third-order valence-electron chi connectivity index (χ3n) is 1.85. The molecule has 0 aliphatic carbocycles. The van der Waals surface area contributed by atoms with Gasteiger partial charge in [-0.1, -0.05) is 0 Å². The van der Waals surface area contributed by atoms with E-state index in [0.29, 0.717) is 18.1 Å². The van der Waals surface area contributed by atoms with Crippen molar-refractivity contribution in [2.45, 2.75) is 13.3 Å². The van der Waals surface area contributed by atoms with Crippen LogP contribution in [0, 0.1) is 0 Å². The Bertz CT molecular complexity index is 480. The van der Waals surface area contributed by atoms with Gasteiger partial charge in [-0.05, 0) is 19.1 Å². The smallest absolute Gasteiger partial charge is 0.313 e. The Morgan fingerprint density at radius 3 is 3.20 bits per heavy atom. The predicted molar refractivity (Wildman–Crippen MR) is 51.1 cm³/mol. The highest BCUT2D eigenvalue weighted by Crippen LogP contribution is 2.01. The van der Waals surface area contributed by atoms with Gasteiger partial charge in [-0.15, -0.1) is 10.2 Å². The van der Waals surface area contributed by atoms with Crippen LogP contribution < -0.4 is 0 Å². The molecule has 0 unspecified atom stereocenters. The molecule has 78 valence electrons. The largest absolute Gasteiger partial charge is 0.466 e. The second-order valence-corrected chi connectivity index (χ2v) is 2.89. The summed E-state index contributed by atoms with van der Waals surface area (Å²) in [6.07, 6.45) is 1.71. The van der Waals surface area contributed by atoms with E-state index in [1.165, 1.54) is 4.52 Å². The van der Waals surface area contributed by atoms with Crippen molar-refractivity contribution in [1.29, 1.82) is 0 Å². The highest BCUT2D eigenvalue weighted by atomic mass is 16.5. The number of aromatic nitrogens is 4. The van der Waals surface area contributed by atoms with Gasteiger partial charge in [0.2, 0.25) is 0 Å². The van der Waals surface area contributed by atoms with E-state index in [-0.39, 0.29) is 12.4 Å². The molecule has 2 aromatic rings. The van der Waals surface area contributed by atoms with E-state index in [0.717, 1.165) is 0 Å². The lowest BCUT2D eigenvalue weighted by Gasteiger charge is -1.99. The first-order valence-electron chi connectivity index (χ1n) is 4.62. The first-order valence-corrected chi connectivity index (χ1v) is 4.62. The molecular weight excluding hydrogens is 196 g/mol. The lowest BCUT2D eigenvalue weighted by molar-refractivity contribution is -0.142. The van der Waals surface area contributed by atoms with Crippen molar-refractivity contribution >= 4 is 11.6 Å². The molecule has 0 bridgehead atoms. The fourth-order valence-electron chi connectivity index (χ4n) is 1.24. The quantitative estimate of drug-likeness (QED) is 0.672. The highest BCUT2D eigenvalue weighted by Gasteiger charge is 2.11. The Morgan fingerprint density at radius 1 is 1.53 bits per heavy atom. The van der Waals surface area contributed by atoms with E-state index in [4.69, 9.17) is 4.74 Å². The molecule has 0 aliphatic heterocycles. The van der Waals surface area contributed by atoms with E-state index in [1.54, 1.807) is 25.3 Å². The van der Waals surface area contributed by atoms with E-state index in [2.05, 4.69) is 15.3 Å². The second kappa shape index (κ2) is 4.04. The van der Waals surface area contributed by atoms with Gasteiger partial charge in [0.25, 0.3) is 0 Å². The van der Waals surface area contributed by atoms with Gasteiger partial charge in [0.1, 0.15) is 6.42 Å². The number of carbonyl (C=O) groups is 1. The fraction of sp³-hybridized carbons (Fsp3) is 0.333. The van der Waals surface area contributed by atoms with Gasteiger partial charge in [-0.2, -0.15) is 9.61 Å². The summed E-state index contributed by atoms with van der Waals surface area (Å²) in [6, 6.07) is 3.53. The SMILES string of the molecule is CCOC(=O)Cc1nnc2cccnn12. The lowest BCUT2D eigenvalue weighted by atomic mass is 10.4. The minimum absolute atomic E-state index is 0.0893. The molecule has 0 aromatic carbocycles. The normalized spacial score (nSPS) is 10.5. The minimum atomic E-state index is -0.322. The maximum absolute atomic E-state index is 11.2. The van der Waals surface area contributed by atoms with Crippen LogP contribution >= 0.6 is 0 Å². The highest BCUT2D eigenvalue weighted by molar-refractivity contribution is 5.71. The Balaban J connectivity index is 2.25. The summed E-state index contributed by atoms with van der Waals surface area (Å²) >= 11 is 0. The molecule has 0 aliphatic rings. The van der Waals surface area contributed by atoms with Crippen LogP contribution in [0.4, 0.5) is 0 Å². The number of ether oxygens (including phenoxy) is 1. The van der Waals surface area contributed by atoms with E-state index in [9.17, 15) is 4.79 Å². The van der Waals surface area contributed by atoms with Crippen LogP contribution in [0.25, 0.3) is 5.65 Å². The molecule has 0 fully saturated rings. The Morgan fingerprint density at radius 2 is 2.40 bits per heavy atom. The molecule has 2 heterocycles. The van der Waals surface area contributed by atoms with Crippen LogP contribution in [0.1, 0.15) is 12.7 Å². The molecule has 2 rings (SSSR count). The maximum atomic E-state index is 11.2. The molecule has 0 saturated carbocycles. The van der Waals surface area contributed by atoms with Gasteiger partial charge in [-0.3, -0.25) is 4.79 Å². The van der Waals surface area contributed by atoms with Crippen molar-refractivity contribution in [1.82, 2.24) is 19.8 Å².